The van der Waals surface area contributed by atoms with E-state index in [1.807, 2.05) is 31.2 Å². The minimum absolute atomic E-state index is 0.0378. The molecule has 0 saturated carbocycles. The lowest BCUT2D eigenvalue weighted by molar-refractivity contribution is 0.589. The Labute approximate surface area is 217 Å². The van der Waals surface area contributed by atoms with Crippen LogP contribution in [0.4, 0.5) is 21.5 Å². The van der Waals surface area contributed by atoms with E-state index in [0.29, 0.717) is 27.3 Å². The molecule has 3 aromatic rings. The molecule has 10 heteroatoms. The number of halogens is 3. The van der Waals surface area contributed by atoms with Gasteiger partial charge in [-0.1, -0.05) is 60.2 Å². The minimum Gasteiger partial charge on any atom is -0.373 e. The van der Waals surface area contributed by atoms with Gasteiger partial charge in [0.05, 0.1) is 44.2 Å². The molecule has 1 aromatic heterocycles. The van der Waals surface area contributed by atoms with Crippen LogP contribution < -0.4 is 27.0 Å². The molecule has 7 nitrogen and oxygen atoms in total. The largest absolute Gasteiger partial charge is 0.373 e. The maximum Gasteiger partial charge on any atom is 0.165 e. The molecule has 5 N–H and O–H groups in total. The molecule has 1 aliphatic heterocycles. The lowest BCUT2D eigenvalue weighted by Crippen LogP contribution is -2.37. The summed E-state index contributed by atoms with van der Waals surface area (Å²) < 4.78 is 14.7. The van der Waals surface area contributed by atoms with E-state index >= 15 is 0 Å². The highest BCUT2D eigenvalue weighted by Gasteiger charge is 2.21. The van der Waals surface area contributed by atoms with E-state index in [0.717, 1.165) is 11.3 Å². The first kappa shape index (κ1) is 25.1. The molecule has 182 valence electrons. The molecule has 36 heavy (non-hydrogen) atoms. The molecule has 0 bridgehead atoms. The molecular formula is C26H22Cl2FN7. The Morgan fingerprint density at radius 1 is 1.25 bits per heavy atom. The third kappa shape index (κ3) is 5.29. The molecule has 0 fully saturated rings. The van der Waals surface area contributed by atoms with E-state index < -0.39 is 5.82 Å². The fraction of sp³-hybridized carbons (Fsp3) is 0.0769. The van der Waals surface area contributed by atoms with E-state index in [1.165, 1.54) is 18.3 Å². The van der Waals surface area contributed by atoms with Crippen LogP contribution in [0, 0.1) is 17.1 Å². The van der Waals surface area contributed by atoms with Crippen LogP contribution >= 0.6 is 23.2 Å². The Morgan fingerprint density at radius 3 is 2.81 bits per heavy atom. The maximum atomic E-state index is 14.7. The predicted molar refractivity (Wildman–Crippen MR) is 144 cm³/mol. The van der Waals surface area contributed by atoms with Gasteiger partial charge in [-0.3, -0.25) is 4.98 Å². The third-order valence-electron chi connectivity index (χ3n) is 5.37. The maximum absolute atomic E-state index is 14.7. The summed E-state index contributed by atoms with van der Waals surface area (Å²) >= 11 is 12.6. The van der Waals surface area contributed by atoms with E-state index in [1.54, 1.807) is 24.4 Å². The minimum atomic E-state index is -0.628. The second kappa shape index (κ2) is 11.1. The van der Waals surface area contributed by atoms with E-state index in [9.17, 15) is 9.65 Å². The van der Waals surface area contributed by atoms with Crippen LogP contribution in [0.1, 0.15) is 12.5 Å². The molecule has 0 saturated heterocycles. The van der Waals surface area contributed by atoms with Crippen LogP contribution in [0.2, 0.25) is 10.0 Å². The Hall–Kier alpha value is -4.03. The van der Waals surface area contributed by atoms with Crippen molar-refractivity contribution in [3.8, 4) is 6.07 Å². The van der Waals surface area contributed by atoms with Gasteiger partial charge in [0, 0.05) is 23.5 Å². The highest BCUT2D eigenvalue weighted by atomic mass is 35.5. The van der Waals surface area contributed by atoms with Crippen LogP contribution in [0.15, 0.2) is 84.9 Å². The van der Waals surface area contributed by atoms with Crippen molar-refractivity contribution in [3.05, 3.63) is 106 Å². The predicted octanol–water partition coefficient (Wildman–Crippen LogP) is 6.22. The number of benzene rings is 2. The number of hydrogen-bond acceptors (Lipinski definition) is 7. The number of aromatic nitrogens is 1. The number of nitriles is 1. The van der Waals surface area contributed by atoms with Crippen LogP contribution in [0.25, 0.3) is 10.9 Å². The Kier molecular flexibility index (Phi) is 7.76. The molecular weight excluding hydrogens is 500 g/mol. The quantitative estimate of drug-likeness (QED) is 0.224. The van der Waals surface area contributed by atoms with Gasteiger partial charge in [-0.05, 0) is 36.8 Å². The summed E-state index contributed by atoms with van der Waals surface area (Å²) in [5.41, 5.74) is 12.1. The van der Waals surface area contributed by atoms with Crippen molar-refractivity contribution >= 4 is 51.2 Å². The van der Waals surface area contributed by atoms with Gasteiger partial charge in [0.15, 0.2) is 5.82 Å². The smallest absolute Gasteiger partial charge is 0.165 e. The Balaban J connectivity index is 1.79. The van der Waals surface area contributed by atoms with Gasteiger partial charge in [0.1, 0.15) is 6.07 Å². The van der Waals surface area contributed by atoms with E-state index in [-0.39, 0.29) is 22.3 Å². The van der Waals surface area contributed by atoms with Crippen molar-refractivity contribution in [2.75, 3.05) is 10.6 Å². The average molecular weight is 522 g/mol. The molecule has 4 rings (SSSR count). The van der Waals surface area contributed by atoms with Gasteiger partial charge < -0.3 is 21.5 Å². The lowest BCUT2D eigenvalue weighted by atomic mass is 10.0. The summed E-state index contributed by atoms with van der Waals surface area (Å²) in [5, 5.41) is 17.0. The van der Waals surface area contributed by atoms with Crippen molar-refractivity contribution < 1.29 is 4.39 Å². The molecule has 0 amide bonds. The van der Waals surface area contributed by atoms with Crippen molar-refractivity contribution in [1.29, 1.82) is 5.26 Å². The van der Waals surface area contributed by atoms with Crippen LogP contribution in [-0.2, 0) is 0 Å². The second-order valence-electron chi connectivity index (χ2n) is 7.77. The highest BCUT2D eigenvalue weighted by molar-refractivity contribution is 6.36. The van der Waals surface area contributed by atoms with Crippen LogP contribution in [0.5, 0.6) is 0 Å². The zero-order chi connectivity index (χ0) is 25.7. The number of nitrogens with one attached hydrogen (secondary N) is 5. The molecule has 0 radical (unpaired) electrons. The van der Waals surface area contributed by atoms with E-state index in [2.05, 4.69) is 44.7 Å². The van der Waals surface area contributed by atoms with Gasteiger partial charge in [0.2, 0.25) is 0 Å². The fourth-order valence-electron chi connectivity index (χ4n) is 3.63. The van der Waals surface area contributed by atoms with Crippen LogP contribution in [-0.4, -0.2) is 11.0 Å². The monoisotopic (exact) mass is 521 g/mol. The number of rotatable bonds is 8. The lowest BCUT2D eigenvalue weighted by Gasteiger charge is -2.22. The van der Waals surface area contributed by atoms with Crippen molar-refractivity contribution in [1.82, 2.24) is 21.4 Å². The second-order valence-corrected chi connectivity index (χ2v) is 8.58. The van der Waals surface area contributed by atoms with Crippen molar-refractivity contribution in [2.24, 2.45) is 0 Å². The first-order valence-corrected chi connectivity index (χ1v) is 11.6. The van der Waals surface area contributed by atoms with Crippen molar-refractivity contribution in [3.63, 3.8) is 0 Å². The molecule has 0 unspecified atom stereocenters. The highest BCUT2D eigenvalue weighted by Crippen LogP contribution is 2.36. The van der Waals surface area contributed by atoms with E-state index in [4.69, 9.17) is 23.2 Å². The normalized spacial score (nSPS) is 13.8. The topological polar surface area (TPSA) is 96.8 Å². The van der Waals surface area contributed by atoms with Gasteiger partial charge in [0.25, 0.3) is 0 Å². The first-order chi connectivity index (χ1) is 17.4. The standard InChI is InChI=1S/C26H22Cl2FN7/c1-3-4-5-7-15(2)24(22-14-32-36-35-22)33-17-10-18-25(34-21-9-6-8-19(27)23(21)29)16(12-30)13-31-26(18)20(28)11-17/h3-11,13-14,24,32-33,35-36H,2H2,1H3,(H,31,34)/b4-3-,7-5-/t24-/m0/s1. The number of allylic oxidation sites excluding steroid dienone is 3. The van der Waals surface area contributed by atoms with Gasteiger partial charge in [-0.2, -0.15) is 10.8 Å². The number of fused-ring (bicyclic) bond motifs is 1. The molecule has 0 aliphatic carbocycles. The number of hydrogen-bond donors (Lipinski definition) is 5. The number of pyridine rings is 1. The van der Waals surface area contributed by atoms with Gasteiger partial charge in [-0.15, -0.1) is 0 Å². The summed E-state index contributed by atoms with van der Waals surface area (Å²) in [6, 6.07) is 9.89. The number of hydrazine groups is 2. The third-order valence-corrected chi connectivity index (χ3v) is 5.95. The SMILES string of the molecule is C=C(/C=C\C=C/C)[C@H](Nc1cc(Cl)c2ncc(C#N)c(Nc3cccc(Cl)c3F)c2c1)C1=CNNN1. The molecule has 2 aromatic carbocycles. The zero-order valence-corrected chi connectivity index (χ0v) is 20.7. The van der Waals surface area contributed by atoms with Gasteiger partial charge >= 0.3 is 0 Å². The Morgan fingerprint density at radius 2 is 2.08 bits per heavy atom. The summed E-state index contributed by atoms with van der Waals surface area (Å²) in [7, 11) is 0. The summed E-state index contributed by atoms with van der Waals surface area (Å²) in [5.74, 6) is -0.628. The molecule has 2 heterocycles. The molecule has 1 aliphatic rings. The summed E-state index contributed by atoms with van der Waals surface area (Å²) in [6.45, 7) is 6.13. The summed E-state index contributed by atoms with van der Waals surface area (Å²) in [6.07, 6.45) is 10.8. The van der Waals surface area contributed by atoms with Gasteiger partial charge in [-0.25, -0.2) is 4.39 Å². The van der Waals surface area contributed by atoms with Crippen molar-refractivity contribution in [2.45, 2.75) is 13.0 Å². The number of nitrogens with zero attached hydrogens (tertiary/aromatic N) is 2. The molecule has 0 spiro atoms. The fourth-order valence-corrected chi connectivity index (χ4v) is 4.08. The Bertz CT molecular complexity index is 1460. The first-order valence-electron chi connectivity index (χ1n) is 10.9. The average Bonchev–Trinajstić information content (AvgIpc) is 3.40. The van der Waals surface area contributed by atoms with Crippen LogP contribution in [0.3, 0.4) is 0 Å². The zero-order valence-electron chi connectivity index (χ0n) is 19.2. The number of anilines is 3. The summed E-state index contributed by atoms with van der Waals surface area (Å²) in [4.78, 5) is 4.35. The molecule has 1 atom stereocenters.